The van der Waals surface area contributed by atoms with E-state index in [2.05, 4.69) is 34.4 Å². The molecule has 2 aliphatic rings. The number of hydrogen-bond donors (Lipinski definition) is 2. The van der Waals surface area contributed by atoms with Crippen LogP contribution in [0, 0.1) is 17.6 Å². The Hall–Kier alpha value is -1.93. The van der Waals surface area contributed by atoms with Crippen LogP contribution in [0.5, 0.6) is 0 Å². The SMILES string of the molecule is CCNC(=NCC(C)CN1CCN(C)CC1)NC1CCN(c2c(F)cccc2F)C1. The van der Waals surface area contributed by atoms with Crippen molar-refractivity contribution in [3.63, 3.8) is 0 Å². The van der Waals surface area contributed by atoms with Crippen LogP contribution in [0.4, 0.5) is 14.5 Å². The highest BCUT2D eigenvalue weighted by atomic mass is 19.1. The number of para-hydroxylation sites is 1. The van der Waals surface area contributed by atoms with Gasteiger partial charge in [-0.3, -0.25) is 4.99 Å². The molecule has 0 saturated carbocycles. The molecule has 2 aliphatic heterocycles. The van der Waals surface area contributed by atoms with Crippen molar-refractivity contribution in [1.82, 2.24) is 20.4 Å². The molecule has 1 aromatic rings. The second kappa shape index (κ2) is 10.9. The summed E-state index contributed by atoms with van der Waals surface area (Å²) in [6.07, 6.45) is 0.815. The first-order chi connectivity index (χ1) is 14.5. The number of hydrogen-bond acceptors (Lipinski definition) is 4. The van der Waals surface area contributed by atoms with Gasteiger partial charge in [0.1, 0.15) is 17.3 Å². The highest BCUT2D eigenvalue weighted by molar-refractivity contribution is 5.80. The molecular weight excluding hydrogens is 386 g/mol. The Labute approximate surface area is 179 Å². The zero-order valence-corrected chi connectivity index (χ0v) is 18.5. The fraction of sp³-hybridized carbons (Fsp3) is 0.682. The van der Waals surface area contributed by atoms with E-state index in [0.29, 0.717) is 19.0 Å². The molecular formula is C22H36F2N6. The predicted molar refractivity (Wildman–Crippen MR) is 119 cm³/mol. The van der Waals surface area contributed by atoms with E-state index >= 15 is 0 Å². The van der Waals surface area contributed by atoms with E-state index in [0.717, 1.165) is 58.2 Å². The van der Waals surface area contributed by atoms with Gasteiger partial charge in [0.2, 0.25) is 0 Å². The average Bonchev–Trinajstić information content (AvgIpc) is 3.16. The number of benzene rings is 1. The Balaban J connectivity index is 1.51. The normalized spacial score (nSPS) is 22.4. The van der Waals surface area contributed by atoms with E-state index in [1.807, 2.05) is 6.92 Å². The number of aliphatic imine (C=N–C) groups is 1. The molecule has 1 aromatic carbocycles. The van der Waals surface area contributed by atoms with Crippen LogP contribution in [0.15, 0.2) is 23.2 Å². The third-order valence-electron chi connectivity index (χ3n) is 5.85. The first-order valence-corrected chi connectivity index (χ1v) is 11.1. The third kappa shape index (κ3) is 6.28. The molecule has 8 heteroatoms. The van der Waals surface area contributed by atoms with E-state index in [4.69, 9.17) is 4.99 Å². The maximum atomic E-state index is 14.1. The van der Waals surface area contributed by atoms with Crippen LogP contribution in [-0.4, -0.2) is 87.8 Å². The van der Waals surface area contributed by atoms with Crippen molar-refractivity contribution in [1.29, 1.82) is 0 Å². The quantitative estimate of drug-likeness (QED) is 0.520. The Kier molecular flexibility index (Phi) is 8.27. The summed E-state index contributed by atoms with van der Waals surface area (Å²) in [5.74, 6) is 0.239. The number of rotatable bonds is 7. The number of nitrogens with one attached hydrogen (secondary N) is 2. The summed E-state index contributed by atoms with van der Waals surface area (Å²) in [5.41, 5.74) is 0.0736. The summed E-state index contributed by atoms with van der Waals surface area (Å²) >= 11 is 0. The van der Waals surface area contributed by atoms with Crippen molar-refractivity contribution >= 4 is 11.6 Å². The van der Waals surface area contributed by atoms with E-state index in [1.54, 1.807) is 4.90 Å². The second-order valence-corrected chi connectivity index (χ2v) is 8.57. The van der Waals surface area contributed by atoms with Crippen LogP contribution in [0.2, 0.25) is 0 Å². The predicted octanol–water partition coefficient (Wildman–Crippen LogP) is 1.98. The molecule has 0 amide bonds. The lowest BCUT2D eigenvalue weighted by Gasteiger charge is -2.33. The molecule has 2 saturated heterocycles. The van der Waals surface area contributed by atoms with Gasteiger partial charge in [-0.2, -0.15) is 0 Å². The van der Waals surface area contributed by atoms with Gasteiger partial charge in [0, 0.05) is 64.9 Å². The van der Waals surface area contributed by atoms with E-state index in [-0.39, 0.29) is 11.7 Å². The molecule has 30 heavy (non-hydrogen) atoms. The monoisotopic (exact) mass is 422 g/mol. The summed E-state index contributed by atoms with van der Waals surface area (Å²) in [5, 5.41) is 6.76. The number of likely N-dealkylation sites (N-methyl/N-ethyl adjacent to an activating group) is 1. The fourth-order valence-corrected chi connectivity index (χ4v) is 4.16. The highest BCUT2D eigenvalue weighted by Gasteiger charge is 2.27. The van der Waals surface area contributed by atoms with Gasteiger partial charge in [-0.1, -0.05) is 13.0 Å². The topological polar surface area (TPSA) is 46.1 Å². The van der Waals surface area contributed by atoms with Crippen molar-refractivity contribution in [2.24, 2.45) is 10.9 Å². The van der Waals surface area contributed by atoms with Gasteiger partial charge in [0.15, 0.2) is 5.96 Å². The summed E-state index contributed by atoms with van der Waals surface area (Å²) < 4.78 is 28.2. The van der Waals surface area contributed by atoms with E-state index < -0.39 is 11.6 Å². The van der Waals surface area contributed by atoms with Gasteiger partial charge < -0.3 is 25.3 Å². The smallest absolute Gasteiger partial charge is 0.191 e. The molecule has 3 rings (SSSR count). The van der Waals surface area contributed by atoms with Gasteiger partial charge >= 0.3 is 0 Å². The van der Waals surface area contributed by atoms with Crippen LogP contribution in [-0.2, 0) is 0 Å². The maximum absolute atomic E-state index is 14.1. The Morgan fingerprint density at radius 1 is 1.17 bits per heavy atom. The van der Waals surface area contributed by atoms with Crippen LogP contribution >= 0.6 is 0 Å². The third-order valence-corrected chi connectivity index (χ3v) is 5.85. The zero-order chi connectivity index (χ0) is 21.5. The molecule has 2 atom stereocenters. The molecule has 2 fully saturated rings. The van der Waals surface area contributed by atoms with Crippen LogP contribution < -0.4 is 15.5 Å². The summed E-state index contributed by atoms with van der Waals surface area (Å²) in [7, 11) is 2.17. The van der Waals surface area contributed by atoms with Crippen molar-refractivity contribution in [3.05, 3.63) is 29.8 Å². The zero-order valence-electron chi connectivity index (χ0n) is 18.5. The fourth-order valence-electron chi connectivity index (χ4n) is 4.16. The van der Waals surface area contributed by atoms with Crippen molar-refractivity contribution < 1.29 is 8.78 Å². The minimum absolute atomic E-state index is 0.0736. The number of nitrogens with zero attached hydrogens (tertiary/aromatic N) is 4. The molecule has 6 nitrogen and oxygen atoms in total. The summed E-state index contributed by atoms with van der Waals surface area (Å²) in [4.78, 5) is 11.4. The van der Waals surface area contributed by atoms with Gasteiger partial charge in [0.25, 0.3) is 0 Å². The van der Waals surface area contributed by atoms with Crippen molar-refractivity contribution in [2.45, 2.75) is 26.3 Å². The van der Waals surface area contributed by atoms with E-state index in [1.165, 1.54) is 18.2 Å². The van der Waals surface area contributed by atoms with Gasteiger partial charge in [0.05, 0.1) is 0 Å². The summed E-state index contributed by atoms with van der Waals surface area (Å²) in [6, 6.07) is 4.13. The lowest BCUT2D eigenvalue weighted by atomic mass is 10.1. The van der Waals surface area contributed by atoms with Gasteiger partial charge in [-0.25, -0.2) is 8.78 Å². The molecule has 2 heterocycles. The summed E-state index contributed by atoms with van der Waals surface area (Å²) in [6.45, 7) is 12.5. The van der Waals surface area contributed by atoms with Gasteiger partial charge in [-0.05, 0) is 38.4 Å². The number of piperazine rings is 1. The first-order valence-electron chi connectivity index (χ1n) is 11.1. The molecule has 2 unspecified atom stereocenters. The largest absolute Gasteiger partial charge is 0.365 e. The number of anilines is 1. The molecule has 0 radical (unpaired) electrons. The van der Waals surface area contributed by atoms with E-state index in [9.17, 15) is 8.78 Å². The molecule has 0 aliphatic carbocycles. The minimum atomic E-state index is -0.506. The lowest BCUT2D eigenvalue weighted by Crippen LogP contribution is -2.46. The number of halogens is 2. The molecule has 0 aromatic heterocycles. The minimum Gasteiger partial charge on any atom is -0.365 e. The molecule has 0 bridgehead atoms. The molecule has 168 valence electrons. The Bertz CT molecular complexity index is 685. The van der Waals surface area contributed by atoms with Crippen LogP contribution in [0.25, 0.3) is 0 Å². The van der Waals surface area contributed by atoms with Gasteiger partial charge in [-0.15, -0.1) is 0 Å². The molecule has 2 N–H and O–H groups in total. The molecule has 0 spiro atoms. The van der Waals surface area contributed by atoms with Crippen molar-refractivity contribution in [3.8, 4) is 0 Å². The van der Waals surface area contributed by atoms with Crippen LogP contribution in [0.3, 0.4) is 0 Å². The highest BCUT2D eigenvalue weighted by Crippen LogP contribution is 2.26. The maximum Gasteiger partial charge on any atom is 0.191 e. The Morgan fingerprint density at radius 3 is 2.53 bits per heavy atom. The second-order valence-electron chi connectivity index (χ2n) is 8.57. The lowest BCUT2D eigenvalue weighted by molar-refractivity contribution is 0.140. The Morgan fingerprint density at radius 2 is 1.87 bits per heavy atom. The number of guanidine groups is 1. The van der Waals surface area contributed by atoms with Crippen LogP contribution in [0.1, 0.15) is 20.3 Å². The van der Waals surface area contributed by atoms with Crippen molar-refractivity contribution in [2.75, 3.05) is 70.9 Å². The average molecular weight is 423 g/mol. The first kappa shape index (κ1) is 22.7. The standard InChI is InChI=1S/C22H36F2N6/c1-4-25-22(26-14-17(2)15-29-12-10-28(3)11-13-29)27-18-8-9-30(16-18)21-19(23)6-5-7-20(21)24/h5-7,17-18H,4,8-16H2,1-3H3,(H2,25,26,27).